The highest BCUT2D eigenvalue weighted by molar-refractivity contribution is 7.95. The zero-order chi connectivity index (χ0) is 34.5. The second kappa shape index (κ2) is 14.7. The maximum absolute atomic E-state index is 12.9. The molecule has 4 aromatic rings. The average molecular weight is 734 g/mol. The number of anilines is 2. The van der Waals surface area contributed by atoms with Gasteiger partial charge in [-0.25, -0.2) is 20.2 Å². The first-order chi connectivity index (χ1) is 22.1. The molecule has 47 heavy (non-hydrogen) atoms. The maximum Gasteiger partial charge on any atom is 0.294 e. The Kier molecular flexibility index (Phi) is 11.1. The van der Waals surface area contributed by atoms with Crippen LogP contribution in [0.4, 0.5) is 23.0 Å². The van der Waals surface area contributed by atoms with Crippen molar-refractivity contribution in [2.75, 3.05) is 11.1 Å². The summed E-state index contributed by atoms with van der Waals surface area (Å²) in [5, 5.41) is 49.1. The molecule has 4 rings (SSSR count). The molecule has 0 saturated heterocycles. The predicted octanol–water partition coefficient (Wildman–Crippen LogP) is 3.88. The molecule has 0 fully saturated rings. The summed E-state index contributed by atoms with van der Waals surface area (Å²) in [5.74, 6) is -2.33. The number of amides is 1. The topological polar surface area (TPSA) is 317 Å². The van der Waals surface area contributed by atoms with Gasteiger partial charge in [0.1, 0.15) is 5.69 Å². The third-order valence-corrected chi connectivity index (χ3v) is 8.56. The van der Waals surface area contributed by atoms with E-state index in [2.05, 4.69) is 44.4 Å². The minimum absolute atomic E-state index is 0.0453. The summed E-state index contributed by atoms with van der Waals surface area (Å²) < 4.78 is 75.4. The van der Waals surface area contributed by atoms with E-state index in [9.17, 15) is 35.8 Å². The van der Waals surface area contributed by atoms with Gasteiger partial charge in [-0.05, 0) is 49.4 Å². The average Bonchev–Trinajstić information content (AvgIpc) is 3.30. The number of rotatable bonds is 13. The molecular weight excluding hydrogens is 715 g/mol. The van der Waals surface area contributed by atoms with Crippen LogP contribution in [0.15, 0.2) is 78.5 Å². The van der Waals surface area contributed by atoms with E-state index in [0.717, 1.165) is 41.2 Å². The van der Waals surface area contributed by atoms with E-state index in [4.69, 9.17) is 16.2 Å². The summed E-state index contributed by atoms with van der Waals surface area (Å²) in [6.07, 6.45) is 1.14. The Morgan fingerprint density at radius 2 is 1.64 bits per heavy atom. The Labute approximate surface area is 271 Å². The first kappa shape index (κ1) is 35.6. The molecule has 2 aromatic carbocycles. The number of pyridine rings is 1. The summed E-state index contributed by atoms with van der Waals surface area (Å²) in [4.78, 5) is 15.6. The van der Waals surface area contributed by atoms with Gasteiger partial charge in [-0.15, -0.1) is 18.9 Å². The van der Waals surface area contributed by atoms with Crippen LogP contribution >= 0.6 is 24.1 Å². The van der Waals surface area contributed by atoms with Crippen molar-refractivity contribution < 1.29 is 65.1 Å². The lowest BCUT2D eigenvalue weighted by molar-refractivity contribution is -0.432. The highest BCUT2D eigenvalue weighted by Gasteiger charge is 2.22. The van der Waals surface area contributed by atoms with Gasteiger partial charge >= 0.3 is 0 Å². The van der Waals surface area contributed by atoms with Crippen molar-refractivity contribution in [3.8, 4) is 11.4 Å². The van der Waals surface area contributed by atoms with Gasteiger partial charge in [0.25, 0.3) is 26.1 Å². The Hall–Kier alpha value is -4.25. The van der Waals surface area contributed by atoms with Crippen LogP contribution in [-0.4, -0.2) is 62.2 Å². The van der Waals surface area contributed by atoms with Crippen LogP contribution in [0.5, 0.6) is 5.75 Å². The monoisotopic (exact) mass is 733 g/mol. The van der Waals surface area contributed by atoms with Gasteiger partial charge in [0.2, 0.25) is 0 Å². The third-order valence-electron chi connectivity index (χ3n) is 5.67. The fourth-order valence-electron chi connectivity index (χ4n) is 3.64. The zero-order valence-electron chi connectivity index (χ0n) is 23.0. The summed E-state index contributed by atoms with van der Waals surface area (Å²) in [5.41, 5.74) is 5.69. The minimum atomic E-state index is -4.79. The highest BCUT2D eigenvalue weighted by Crippen LogP contribution is 2.38. The third kappa shape index (κ3) is 8.57. The number of aromatic hydroxyl groups is 1. The van der Waals surface area contributed by atoms with Gasteiger partial charge in [0, 0.05) is 16.7 Å². The van der Waals surface area contributed by atoms with E-state index >= 15 is 0 Å². The lowest BCUT2D eigenvalue weighted by Crippen LogP contribution is -2.14. The van der Waals surface area contributed by atoms with E-state index in [0.29, 0.717) is 24.1 Å². The quantitative estimate of drug-likeness (QED) is 0.0337. The Bertz CT molecular complexity index is 2070. The van der Waals surface area contributed by atoms with E-state index in [1.807, 2.05) is 0 Å². The molecule has 2 aromatic heterocycles. The van der Waals surface area contributed by atoms with Crippen LogP contribution in [0.3, 0.4) is 0 Å². The molecule has 0 aliphatic rings. The summed E-state index contributed by atoms with van der Waals surface area (Å²) in [7, 11) is -9.45. The second-order valence-electron chi connectivity index (χ2n) is 8.64. The number of nitrogens with one attached hydrogen (secondary N) is 1. The van der Waals surface area contributed by atoms with Crippen molar-refractivity contribution >= 4 is 73.2 Å². The number of nitrogens with zero attached hydrogens (tertiary/aromatic N) is 5. The van der Waals surface area contributed by atoms with Crippen molar-refractivity contribution in [2.45, 2.75) is 26.5 Å². The largest absolute Gasteiger partial charge is 0.503 e. The molecule has 25 heteroatoms. The smallest absolute Gasteiger partial charge is 0.294 e. The van der Waals surface area contributed by atoms with Crippen LogP contribution < -0.4 is 11.1 Å². The number of azo groups is 1. The van der Waals surface area contributed by atoms with Crippen LogP contribution in [0.2, 0.25) is 0 Å². The number of hydrogen-bond donors (Lipinski definition) is 7. The SMILES string of the molecule is Cc1nn(-c2cc(S(=O)(=O)O)ccc2SOOO)c(N)c1N=Nc1ccnc(NC(=O)c2cc(SOOO)cc(S(=O)(=O)O)c2)c1O. The number of carbonyl (C=O) groups is 1. The summed E-state index contributed by atoms with van der Waals surface area (Å²) >= 11 is 0.758. The van der Waals surface area contributed by atoms with E-state index in [1.165, 1.54) is 19.1 Å². The number of aromatic nitrogens is 3. The summed E-state index contributed by atoms with van der Waals surface area (Å²) in [6.45, 7) is 1.47. The molecule has 0 atom stereocenters. The molecule has 0 unspecified atom stereocenters. The molecule has 21 nitrogen and oxygen atoms in total. The molecular formula is C22H19N7O14S4. The van der Waals surface area contributed by atoms with Crippen LogP contribution in [0.25, 0.3) is 5.69 Å². The van der Waals surface area contributed by atoms with Gasteiger partial charge < -0.3 is 16.2 Å². The number of aryl methyl sites for hydroxylation is 1. The first-order valence-electron chi connectivity index (χ1n) is 11.9. The standard InChI is InChI=1S/C22H19N7O14S4/c1-10-18(20(23)29(28-10)16-9-13(46(34,35)36)2-3-17(16)45-43-41-33)27-26-15-4-5-24-21(19(15)30)25-22(31)11-6-12(44-42-40-32)8-14(7-11)47(37,38)39/h2-9,30,32-33H,23H2,1H3,(H,24,25,31)(H,34,35,36)(H,37,38,39). The Balaban J connectivity index is 1.66. The molecule has 1 amide bonds. The fraction of sp³-hybridized carbons (Fsp3) is 0.0455. The lowest BCUT2D eigenvalue weighted by atomic mass is 10.2. The van der Waals surface area contributed by atoms with Gasteiger partial charge in [0.15, 0.2) is 23.1 Å². The Morgan fingerprint density at radius 1 is 0.957 bits per heavy atom. The first-order valence-corrected chi connectivity index (χ1v) is 16.3. The van der Waals surface area contributed by atoms with E-state index < -0.39 is 47.5 Å². The number of nitrogen functional groups attached to an aromatic ring is 1. The molecule has 0 saturated carbocycles. The molecule has 0 spiro atoms. The van der Waals surface area contributed by atoms with Crippen molar-refractivity contribution in [3.05, 3.63) is 59.9 Å². The maximum atomic E-state index is 12.9. The van der Waals surface area contributed by atoms with Gasteiger partial charge in [-0.1, -0.05) is 10.1 Å². The summed E-state index contributed by atoms with van der Waals surface area (Å²) in [6, 6.07) is 7.31. The molecule has 2 heterocycles. The minimum Gasteiger partial charge on any atom is -0.503 e. The van der Waals surface area contributed by atoms with Crippen molar-refractivity contribution in [3.63, 3.8) is 0 Å². The number of carbonyl (C=O) groups excluding carboxylic acids is 1. The molecule has 250 valence electrons. The Morgan fingerprint density at radius 3 is 2.30 bits per heavy atom. The van der Waals surface area contributed by atoms with Gasteiger partial charge in [0.05, 0.1) is 50.2 Å². The number of nitrogens with two attached hydrogens (primary N) is 1. The van der Waals surface area contributed by atoms with Gasteiger partial charge in [-0.3, -0.25) is 13.9 Å². The van der Waals surface area contributed by atoms with Crippen LogP contribution in [-0.2, 0) is 39.0 Å². The normalized spacial score (nSPS) is 12.1. The molecule has 0 aliphatic heterocycles. The van der Waals surface area contributed by atoms with Crippen molar-refractivity contribution in [1.82, 2.24) is 14.8 Å². The number of benzene rings is 2. The predicted molar refractivity (Wildman–Crippen MR) is 158 cm³/mol. The van der Waals surface area contributed by atoms with Gasteiger partial charge in [-0.2, -0.15) is 21.9 Å². The van der Waals surface area contributed by atoms with E-state index in [1.54, 1.807) is 0 Å². The molecule has 0 bridgehead atoms. The fourth-order valence-corrected chi connectivity index (χ4v) is 5.69. The highest BCUT2D eigenvalue weighted by atomic mass is 32.2. The molecule has 0 aliphatic carbocycles. The molecule has 8 N–H and O–H groups in total. The lowest BCUT2D eigenvalue weighted by Gasteiger charge is -2.10. The zero-order valence-corrected chi connectivity index (χ0v) is 26.2. The second-order valence-corrected chi connectivity index (χ2v) is 13.0. The number of hydrogen-bond acceptors (Lipinski definition) is 19. The molecule has 0 radical (unpaired) electrons. The van der Waals surface area contributed by atoms with Crippen molar-refractivity contribution in [2.24, 2.45) is 10.2 Å². The van der Waals surface area contributed by atoms with Crippen molar-refractivity contribution in [1.29, 1.82) is 0 Å². The van der Waals surface area contributed by atoms with Crippen LogP contribution in [0, 0.1) is 6.92 Å². The van der Waals surface area contributed by atoms with Crippen LogP contribution in [0.1, 0.15) is 16.1 Å². The van der Waals surface area contributed by atoms with E-state index in [-0.39, 0.29) is 43.9 Å².